The lowest BCUT2D eigenvalue weighted by atomic mass is 10.2. The Morgan fingerprint density at radius 2 is 1.38 bits per heavy atom. The average Bonchev–Trinajstić information content (AvgIpc) is 2.89. The molecule has 0 aliphatic carbocycles. The van der Waals surface area contributed by atoms with Gasteiger partial charge in [-0.15, -0.1) is 0 Å². The Bertz CT molecular complexity index is 856. The van der Waals surface area contributed by atoms with Crippen LogP contribution in [0, 0.1) is 0 Å². The van der Waals surface area contributed by atoms with Crippen LogP contribution in [0.15, 0.2) is 53.4 Å². The summed E-state index contributed by atoms with van der Waals surface area (Å²) in [6.45, 7) is 0. The Hall–Kier alpha value is -2.31. The molecule has 1 amide bonds. The van der Waals surface area contributed by atoms with Crippen molar-refractivity contribution in [2.24, 2.45) is 0 Å². The summed E-state index contributed by atoms with van der Waals surface area (Å²) >= 11 is 6.78. The van der Waals surface area contributed by atoms with Crippen LogP contribution in [0.4, 0.5) is 17.1 Å². The number of amides is 1. The van der Waals surface area contributed by atoms with E-state index in [0.29, 0.717) is 9.23 Å². The molecule has 4 nitrogen and oxygen atoms in total. The van der Waals surface area contributed by atoms with Crippen molar-refractivity contribution in [3.63, 3.8) is 0 Å². The zero-order valence-corrected chi connectivity index (χ0v) is 16.9. The van der Waals surface area contributed by atoms with E-state index in [1.165, 1.54) is 11.8 Å². The molecule has 0 aromatic heterocycles. The lowest BCUT2D eigenvalue weighted by Crippen LogP contribution is -2.27. The molecule has 1 aliphatic heterocycles. The normalized spacial score (nSPS) is 15.7. The molecule has 0 atom stereocenters. The molecular weight excluding hydrogens is 362 g/mol. The fourth-order valence-corrected chi connectivity index (χ4v) is 3.91. The van der Waals surface area contributed by atoms with E-state index in [-0.39, 0.29) is 5.91 Å². The second kappa shape index (κ2) is 7.51. The van der Waals surface area contributed by atoms with E-state index in [2.05, 4.69) is 0 Å². The van der Waals surface area contributed by atoms with Crippen LogP contribution in [0.5, 0.6) is 0 Å². The third-order valence-corrected chi connectivity index (χ3v) is 5.43. The van der Waals surface area contributed by atoms with Gasteiger partial charge in [0.2, 0.25) is 0 Å². The van der Waals surface area contributed by atoms with E-state index in [9.17, 15) is 4.79 Å². The van der Waals surface area contributed by atoms with Gasteiger partial charge >= 0.3 is 0 Å². The quantitative estimate of drug-likeness (QED) is 0.582. The predicted octanol–water partition coefficient (Wildman–Crippen LogP) is 4.22. The minimum absolute atomic E-state index is 0.0747. The number of thioether (sulfide) groups is 1. The second-order valence-electron chi connectivity index (χ2n) is 6.41. The van der Waals surface area contributed by atoms with Gasteiger partial charge < -0.3 is 9.80 Å². The van der Waals surface area contributed by atoms with Crippen LogP contribution < -0.4 is 14.7 Å². The largest absolute Gasteiger partial charge is 0.378 e. The molecule has 134 valence electrons. The monoisotopic (exact) mass is 383 g/mol. The summed E-state index contributed by atoms with van der Waals surface area (Å²) in [5.41, 5.74) is 3.98. The number of anilines is 3. The minimum Gasteiger partial charge on any atom is -0.378 e. The summed E-state index contributed by atoms with van der Waals surface area (Å²) in [7, 11) is 7.97. The molecule has 6 heteroatoms. The SMILES string of the molecule is CN(C)c1ccc(C=C2SC(=S)N(c3ccc(N(C)C)cc3)C2=O)cc1. The maximum Gasteiger partial charge on any atom is 0.270 e. The number of hydrogen-bond donors (Lipinski definition) is 0. The van der Waals surface area contributed by atoms with E-state index in [1.807, 2.05) is 92.6 Å². The van der Waals surface area contributed by atoms with Gasteiger partial charge in [0, 0.05) is 39.6 Å². The van der Waals surface area contributed by atoms with Gasteiger partial charge in [-0.2, -0.15) is 0 Å². The zero-order chi connectivity index (χ0) is 18.8. The molecule has 3 rings (SSSR count). The maximum atomic E-state index is 12.8. The van der Waals surface area contributed by atoms with Gasteiger partial charge in [0.1, 0.15) is 0 Å². The Morgan fingerprint density at radius 1 is 0.885 bits per heavy atom. The average molecular weight is 384 g/mol. The van der Waals surface area contributed by atoms with Gasteiger partial charge in [0.25, 0.3) is 5.91 Å². The highest BCUT2D eigenvalue weighted by Gasteiger charge is 2.33. The minimum atomic E-state index is -0.0747. The van der Waals surface area contributed by atoms with Crippen LogP contribution in [0.1, 0.15) is 5.56 Å². The van der Waals surface area contributed by atoms with Crippen LogP contribution >= 0.6 is 24.0 Å². The van der Waals surface area contributed by atoms with Crippen LogP contribution in [0.25, 0.3) is 6.08 Å². The summed E-state index contributed by atoms with van der Waals surface area (Å²) in [4.78, 5) is 19.1. The van der Waals surface area contributed by atoms with Crippen molar-refractivity contribution in [1.29, 1.82) is 0 Å². The Morgan fingerprint density at radius 3 is 1.88 bits per heavy atom. The van der Waals surface area contributed by atoms with Crippen molar-refractivity contribution in [1.82, 2.24) is 0 Å². The standard InChI is InChI=1S/C20H21N3OS2/c1-21(2)15-7-5-14(6-8-15)13-18-19(24)23(20(25)26-18)17-11-9-16(10-12-17)22(3)4/h5-13H,1-4H3. The van der Waals surface area contributed by atoms with Gasteiger partial charge in [-0.1, -0.05) is 36.1 Å². The highest BCUT2D eigenvalue weighted by Crippen LogP contribution is 2.36. The van der Waals surface area contributed by atoms with Crippen molar-refractivity contribution >= 4 is 57.3 Å². The number of thiocarbonyl (C=S) groups is 1. The molecule has 1 heterocycles. The topological polar surface area (TPSA) is 26.8 Å². The fraction of sp³-hybridized carbons (Fsp3) is 0.200. The molecule has 0 bridgehead atoms. The Kier molecular flexibility index (Phi) is 5.34. The third-order valence-electron chi connectivity index (χ3n) is 4.13. The first kappa shape index (κ1) is 18.5. The lowest BCUT2D eigenvalue weighted by Gasteiger charge is -2.17. The Labute approximate surface area is 164 Å². The van der Waals surface area contributed by atoms with E-state index < -0.39 is 0 Å². The molecule has 1 aliphatic rings. The van der Waals surface area contributed by atoms with Gasteiger partial charge in [0.15, 0.2) is 4.32 Å². The number of carbonyl (C=O) groups is 1. The van der Waals surface area contributed by atoms with Gasteiger partial charge in [-0.05, 0) is 48.0 Å². The van der Waals surface area contributed by atoms with Crippen LogP contribution in [0.2, 0.25) is 0 Å². The van der Waals surface area contributed by atoms with Crippen molar-refractivity contribution in [2.75, 3.05) is 42.9 Å². The van der Waals surface area contributed by atoms with Crippen molar-refractivity contribution in [2.45, 2.75) is 0 Å². The molecule has 1 saturated heterocycles. The highest BCUT2D eigenvalue weighted by atomic mass is 32.2. The van der Waals surface area contributed by atoms with Crippen LogP contribution in [-0.4, -0.2) is 38.4 Å². The maximum absolute atomic E-state index is 12.8. The lowest BCUT2D eigenvalue weighted by molar-refractivity contribution is -0.113. The van der Waals surface area contributed by atoms with Crippen LogP contribution in [0.3, 0.4) is 0 Å². The molecule has 2 aromatic carbocycles. The smallest absolute Gasteiger partial charge is 0.270 e. The predicted molar refractivity (Wildman–Crippen MR) is 117 cm³/mol. The van der Waals surface area contributed by atoms with E-state index in [0.717, 1.165) is 22.6 Å². The van der Waals surface area contributed by atoms with E-state index in [1.54, 1.807) is 4.90 Å². The third kappa shape index (κ3) is 3.76. The molecule has 2 aromatic rings. The number of benzene rings is 2. The first-order valence-electron chi connectivity index (χ1n) is 8.19. The number of hydrogen-bond acceptors (Lipinski definition) is 5. The van der Waals surface area contributed by atoms with Crippen molar-refractivity contribution in [3.8, 4) is 0 Å². The molecule has 0 unspecified atom stereocenters. The summed E-state index contributed by atoms with van der Waals surface area (Å²) in [5.74, 6) is -0.0747. The number of rotatable bonds is 4. The Balaban J connectivity index is 1.84. The molecule has 1 fully saturated rings. The zero-order valence-electron chi connectivity index (χ0n) is 15.3. The number of carbonyl (C=O) groups excluding carboxylic acids is 1. The fourth-order valence-electron chi connectivity index (χ4n) is 2.61. The first-order chi connectivity index (χ1) is 12.4. The van der Waals surface area contributed by atoms with Crippen molar-refractivity contribution < 1.29 is 4.79 Å². The molecule has 0 N–H and O–H groups in total. The summed E-state index contributed by atoms with van der Waals surface area (Å²) < 4.78 is 0.559. The molecule has 26 heavy (non-hydrogen) atoms. The van der Waals surface area contributed by atoms with Gasteiger partial charge in [-0.3, -0.25) is 9.69 Å². The first-order valence-corrected chi connectivity index (χ1v) is 9.42. The van der Waals surface area contributed by atoms with E-state index in [4.69, 9.17) is 12.2 Å². The second-order valence-corrected chi connectivity index (χ2v) is 8.09. The molecule has 0 spiro atoms. The van der Waals surface area contributed by atoms with Gasteiger partial charge in [-0.25, -0.2) is 0 Å². The summed E-state index contributed by atoms with van der Waals surface area (Å²) in [6.07, 6.45) is 1.90. The van der Waals surface area contributed by atoms with E-state index >= 15 is 0 Å². The van der Waals surface area contributed by atoms with Crippen LogP contribution in [-0.2, 0) is 4.79 Å². The molecular formula is C20H21N3OS2. The summed E-state index contributed by atoms with van der Waals surface area (Å²) in [6, 6.07) is 15.9. The molecule has 0 saturated carbocycles. The number of nitrogens with zero attached hydrogens (tertiary/aromatic N) is 3. The molecule has 0 radical (unpaired) electrons. The highest BCUT2D eigenvalue weighted by molar-refractivity contribution is 8.27. The van der Waals surface area contributed by atoms with Crippen molar-refractivity contribution in [3.05, 3.63) is 59.0 Å². The van der Waals surface area contributed by atoms with Gasteiger partial charge in [0.05, 0.1) is 10.6 Å². The summed E-state index contributed by atoms with van der Waals surface area (Å²) in [5, 5.41) is 0.